The number of morpholine rings is 1. The number of nitrogens with zero attached hydrogens (tertiary/aromatic N) is 1. The summed E-state index contributed by atoms with van der Waals surface area (Å²) in [6.07, 6.45) is 0.0172. The van der Waals surface area contributed by atoms with Gasteiger partial charge in [-0.15, -0.1) is 0 Å². The molecule has 0 radical (unpaired) electrons. The largest absolute Gasteiger partial charge is 0.489 e. The molecule has 1 fully saturated rings. The van der Waals surface area contributed by atoms with E-state index >= 15 is 0 Å². The van der Waals surface area contributed by atoms with E-state index in [1.807, 2.05) is 19.1 Å². The Labute approximate surface area is 170 Å². The van der Waals surface area contributed by atoms with Crippen LogP contribution in [0.2, 0.25) is 0 Å². The first kappa shape index (κ1) is 19.9. The van der Waals surface area contributed by atoms with Crippen LogP contribution in [0.25, 0.3) is 0 Å². The van der Waals surface area contributed by atoms with Crippen LogP contribution in [0.3, 0.4) is 0 Å². The number of anilines is 1. The van der Waals surface area contributed by atoms with E-state index in [0.717, 1.165) is 5.56 Å². The molecule has 0 spiro atoms. The van der Waals surface area contributed by atoms with Crippen LogP contribution >= 0.6 is 0 Å². The van der Waals surface area contributed by atoms with E-state index in [1.165, 1.54) is 16.4 Å². The lowest BCUT2D eigenvalue weighted by Gasteiger charge is -2.26. The predicted molar refractivity (Wildman–Crippen MR) is 109 cm³/mol. The van der Waals surface area contributed by atoms with Gasteiger partial charge in [0.1, 0.15) is 11.9 Å². The third kappa shape index (κ3) is 3.75. The number of benzene rings is 2. The molecule has 154 valence electrons. The molecule has 1 amide bonds. The van der Waals surface area contributed by atoms with E-state index in [-0.39, 0.29) is 22.8 Å². The predicted octanol–water partition coefficient (Wildman–Crippen LogP) is 2.84. The molecule has 0 aliphatic carbocycles. The first-order chi connectivity index (χ1) is 13.9. The average molecular weight is 416 g/mol. The zero-order valence-corrected chi connectivity index (χ0v) is 17.2. The van der Waals surface area contributed by atoms with Crippen LogP contribution in [-0.2, 0) is 14.8 Å². The molecule has 1 saturated heterocycles. The van der Waals surface area contributed by atoms with E-state index in [4.69, 9.17) is 9.47 Å². The Bertz CT molecular complexity index is 1010. The van der Waals surface area contributed by atoms with Gasteiger partial charge in [-0.3, -0.25) is 4.79 Å². The molecule has 2 aromatic carbocycles. The quantitative estimate of drug-likeness (QED) is 0.829. The summed E-state index contributed by atoms with van der Waals surface area (Å²) in [6, 6.07) is 11.8. The van der Waals surface area contributed by atoms with Gasteiger partial charge in [0.25, 0.3) is 5.91 Å². The highest BCUT2D eigenvalue weighted by Crippen LogP contribution is 2.40. The Balaban J connectivity index is 1.51. The summed E-state index contributed by atoms with van der Waals surface area (Å²) in [5, 5.41) is 2.83. The Hall–Kier alpha value is -2.42. The number of sulfonamides is 1. The van der Waals surface area contributed by atoms with Crippen molar-refractivity contribution >= 4 is 21.6 Å². The van der Waals surface area contributed by atoms with Crippen LogP contribution in [0.4, 0.5) is 5.69 Å². The van der Waals surface area contributed by atoms with Crippen LogP contribution in [0.15, 0.2) is 47.4 Å². The maximum atomic E-state index is 12.8. The fraction of sp³-hybridized carbons (Fsp3) is 0.381. The number of rotatable bonds is 4. The van der Waals surface area contributed by atoms with Crippen molar-refractivity contribution in [2.24, 2.45) is 0 Å². The molecule has 2 aromatic rings. The third-order valence-corrected chi connectivity index (χ3v) is 7.42. The molecule has 2 aliphatic rings. The van der Waals surface area contributed by atoms with Gasteiger partial charge in [-0.1, -0.05) is 19.1 Å². The van der Waals surface area contributed by atoms with Gasteiger partial charge >= 0.3 is 0 Å². The number of carbonyl (C=O) groups excluding carboxylic acids is 1. The number of ether oxygens (including phenoxy) is 2. The van der Waals surface area contributed by atoms with Crippen LogP contribution in [0.5, 0.6) is 5.75 Å². The van der Waals surface area contributed by atoms with Gasteiger partial charge in [-0.25, -0.2) is 8.42 Å². The number of amides is 1. The van der Waals surface area contributed by atoms with E-state index < -0.39 is 10.0 Å². The highest BCUT2D eigenvalue weighted by molar-refractivity contribution is 7.89. The van der Waals surface area contributed by atoms with Crippen molar-refractivity contribution in [1.82, 2.24) is 4.31 Å². The summed E-state index contributed by atoms with van der Waals surface area (Å²) in [4.78, 5) is 13.0. The molecular weight excluding hydrogens is 392 g/mol. The number of nitrogens with one attached hydrogen (secondary N) is 1. The van der Waals surface area contributed by atoms with E-state index in [0.29, 0.717) is 43.3 Å². The maximum Gasteiger partial charge on any atom is 0.259 e. The van der Waals surface area contributed by atoms with Crippen molar-refractivity contribution < 1.29 is 22.7 Å². The maximum absolute atomic E-state index is 12.8. The number of fused-ring (bicyclic) bond motifs is 1. The van der Waals surface area contributed by atoms with Crippen LogP contribution in [0.1, 0.15) is 35.7 Å². The normalized spacial score (nSPS) is 22.0. The van der Waals surface area contributed by atoms with Crippen LogP contribution in [-0.4, -0.2) is 51.0 Å². The first-order valence-electron chi connectivity index (χ1n) is 9.67. The minimum absolute atomic E-state index is 0.0172. The lowest BCUT2D eigenvalue weighted by atomic mass is 9.97. The lowest BCUT2D eigenvalue weighted by molar-refractivity contribution is 0.0730. The van der Waals surface area contributed by atoms with Crippen molar-refractivity contribution in [2.45, 2.75) is 30.8 Å². The monoisotopic (exact) mass is 416 g/mol. The summed E-state index contributed by atoms with van der Waals surface area (Å²) in [5.74, 6) is 0.561. The van der Waals surface area contributed by atoms with Gasteiger partial charge in [-0.05, 0) is 37.3 Å². The van der Waals surface area contributed by atoms with Gasteiger partial charge in [0, 0.05) is 30.3 Å². The third-order valence-electron chi connectivity index (χ3n) is 5.51. The lowest BCUT2D eigenvalue weighted by Crippen LogP contribution is -2.40. The Morgan fingerprint density at radius 1 is 1.07 bits per heavy atom. The van der Waals surface area contributed by atoms with Crippen molar-refractivity contribution in [1.29, 1.82) is 0 Å². The number of para-hydroxylation sites is 1. The molecular formula is C21H24N2O5S. The Kier molecular flexibility index (Phi) is 5.33. The molecule has 2 atom stereocenters. The van der Waals surface area contributed by atoms with Gasteiger partial charge in [0.05, 0.1) is 23.7 Å². The van der Waals surface area contributed by atoms with Crippen LogP contribution < -0.4 is 10.1 Å². The zero-order chi connectivity index (χ0) is 20.6. The summed E-state index contributed by atoms with van der Waals surface area (Å²) in [7, 11) is -3.56. The molecule has 7 nitrogen and oxygen atoms in total. The molecule has 29 heavy (non-hydrogen) atoms. The Morgan fingerprint density at radius 3 is 2.45 bits per heavy atom. The summed E-state index contributed by atoms with van der Waals surface area (Å²) < 4.78 is 37.9. The van der Waals surface area contributed by atoms with Crippen molar-refractivity contribution in [3.63, 3.8) is 0 Å². The minimum atomic E-state index is -3.56. The smallest absolute Gasteiger partial charge is 0.259 e. The number of carbonyl (C=O) groups is 1. The van der Waals surface area contributed by atoms with Gasteiger partial charge in [-0.2, -0.15) is 4.31 Å². The molecule has 0 aromatic heterocycles. The second-order valence-electron chi connectivity index (χ2n) is 7.33. The van der Waals surface area contributed by atoms with E-state index in [2.05, 4.69) is 12.2 Å². The van der Waals surface area contributed by atoms with Crippen LogP contribution in [0, 0.1) is 0 Å². The van der Waals surface area contributed by atoms with Crippen molar-refractivity contribution in [3.8, 4) is 5.75 Å². The average Bonchev–Trinajstić information content (AvgIpc) is 3.03. The zero-order valence-electron chi connectivity index (χ0n) is 16.4. The fourth-order valence-electron chi connectivity index (χ4n) is 3.61. The topological polar surface area (TPSA) is 84.9 Å². The second-order valence-corrected chi connectivity index (χ2v) is 9.27. The van der Waals surface area contributed by atoms with E-state index in [1.54, 1.807) is 18.2 Å². The second kappa shape index (κ2) is 7.78. The molecule has 4 rings (SSSR count). The van der Waals surface area contributed by atoms with Crippen molar-refractivity contribution in [2.75, 3.05) is 31.6 Å². The summed E-state index contributed by atoms with van der Waals surface area (Å²) in [6.45, 7) is 5.54. The highest BCUT2D eigenvalue weighted by Gasteiger charge is 2.31. The SMILES string of the molecule is C[C@@H]1Oc2c(C(=O)Nc3ccc(S(=O)(=O)N4CCOCC4)cc3)cccc2[C@H]1C. The molecule has 0 bridgehead atoms. The first-order valence-corrected chi connectivity index (χ1v) is 11.1. The molecule has 8 heteroatoms. The summed E-state index contributed by atoms with van der Waals surface area (Å²) >= 11 is 0. The molecule has 2 aliphatic heterocycles. The standard InChI is InChI=1S/C21H24N2O5S/c1-14-15(2)28-20-18(14)4-3-5-19(20)21(24)22-16-6-8-17(9-7-16)29(25,26)23-10-12-27-13-11-23/h3-9,14-15H,10-13H2,1-2H3,(H,22,24)/t14-,15-/m0/s1. The fourth-order valence-corrected chi connectivity index (χ4v) is 5.02. The number of hydrogen-bond donors (Lipinski definition) is 1. The van der Waals surface area contributed by atoms with Gasteiger partial charge < -0.3 is 14.8 Å². The highest BCUT2D eigenvalue weighted by atomic mass is 32.2. The minimum Gasteiger partial charge on any atom is -0.489 e. The number of hydrogen-bond acceptors (Lipinski definition) is 5. The Morgan fingerprint density at radius 2 is 1.76 bits per heavy atom. The van der Waals surface area contributed by atoms with Gasteiger partial charge in [0.2, 0.25) is 10.0 Å². The molecule has 1 N–H and O–H groups in total. The molecule has 0 saturated carbocycles. The molecule has 0 unspecified atom stereocenters. The van der Waals surface area contributed by atoms with Crippen molar-refractivity contribution in [3.05, 3.63) is 53.6 Å². The van der Waals surface area contributed by atoms with Gasteiger partial charge in [0.15, 0.2) is 0 Å². The summed E-state index contributed by atoms with van der Waals surface area (Å²) in [5.41, 5.74) is 2.02. The van der Waals surface area contributed by atoms with E-state index in [9.17, 15) is 13.2 Å². The molecule has 2 heterocycles.